The summed E-state index contributed by atoms with van der Waals surface area (Å²) in [5, 5.41) is 0. The molecule has 4 rings (SSSR count). The maximum absolute atomic E-state index is 13.0. The normalized spacial score (nSPS) is 26.3. The van der Waals surface area contributed by atoms with Gasteiger partial charge in [-0.15, -0.1) is 0 Å². The predicted molar refractivity (Wildman–Crippen MR) is 107 cm³/mol. The van der Waals surface area contributed by atoms with Gasteiger partial charge in [-0.2, -0.15) is 0 Å². The molecule has 0 aromatic heterocycles. The smallest absolute Gasteiger partial charge is 0.332 e. The zero-order valence-electron chi connectivity index (χ0n) is 16.6. The topological polar surface area (TPSA) is 95.1 Å². The van der Waals surface area contributed by atoms with Crippen molar-refractivity contribution < 1.29 is 22.8 Å². The summed E-state index contributed by atoms with van der Waals surface area (Å²) < 4.78 is 23.7. The molecule has 2 heterocycles. The standard InChI is InChI=1S/C20H25N3O5S/c1-13-3-5-15(6-4-13)22-14(2)19(25)21(20(22)26)11-18(24)23(16-7-8-16)17-9-10-29(27,28)12-17/h3-6,14,16-17H,7-12H2,1-2H3/t14-,17+/m0/s1. The monoisotopic (exact) mass is 419 g/mol. The van der Waals surface area contributed by atoms with E-state index in [4.69, 9.17) is 0 Å². The zero-order valence-corrected chi connectivity index (χ0v) is 17.4. The second kappa shape index (κ2) is 7.12. The van der Waals surface area contributed by atoms with E-state index in [2.05, 4.69) is 0 Å². The highest BCUT2D eigenvalue weighted by atomic mass is 32.2. The van der Waals surface area contributed by atoms with Crippen LogP contribution in [-0.4, -0.2) is 72.2 Å². The molecular formula is C20H25N3O5S. The fourth-order valence-electron chi connectivity index (χ4n) is 4.18. The van der Waals surface area contributed by atoms with Gasteiger partial charge in [0.25, 0.3) is 5.91 Å². The van der Waals surface area contributed by atoms with Crippen molar-refractivity contribution >= 4 is 33.4 Å². The molecule has 1 aromatic carbocycles. The van der Waals surface area contributed by atoms with Crippen molar-refractivity contribution in [1.29, 1.82) is 0 Å². The minimum Gasteiger partial charge on any atom is -0.334 e. The lowest BCUT2D eigenvalue weighted by molar-refractivity contribution is -0.139. The van der Waals surface area contributed by atoms with Crippen LogP contribution in [-0.2, 0) is 19.4 Å². The van der Waals surface area contributed by atoms with Crippen LogP contribution in [0.1, 0.15) is 31.7 Å². The SMILES string of the molecule is Cc1ccc(N2C(=O)N(CC(=O)N(C3CC3)[C@@H]3CCS(=O)(=O)C3)C(=O)[C@@H]2C)cc1. The van der Waals surface area contributed by atoms with Gasteiger partial charge in [0.15, 0.2) is 9.84 Å². The number of carbonyl (C=O) groups excluding carboxylic acids is 3. The molecule has 4 amide bonds. The van der Waals surface area contributed by atoms with Crippen LogP contribution < -0.4 is 4.90 Å². The number of nitrogens with zero attached hydrogens (tertiary/aromatic N) is 3. The minimum atomic E-state index is -3.14. The van der Waals surface area contributed by atoms with Gasteiger partial charge in [-0.25, -0.2) is 13.2 Å². The molecule has 2 saturated heterocycles. The highest BCUT2D eigenvalue weighted by molar-refractivity contribution is 7.91. The Labute approximate surface area is 170 Å². The summed E-state index contributed by atoms with van der Waals surface area (Å²) in [4.78, 5) is 42.7. The second-order valence-electron chi connectivity index (χ2n) is 8.18. The van der Waals surface area contributed by atoms with Crippen molar-refractivity contribution in [2.45, 2.75) is 51.2 Å². The molecule has 2 atom stereocenters. The number of hydrogen-bond acceptors (Lipinski definition) is 5. The molecule has 0 spiro atoms. The van der Waals surface area contributed by atoms with Crippen molar-refractivity contribution in [3.63, 3.8) is 0 Å². The summed E-state index contributed by atoms with van der Waals surface area (Å²) >= 11 is 0. The van der Waals surface area contributed by atoms with Gasteiger partial charge < -0.3 is 4.90 Å². The lowest BCUT2D eigenvalue weighted by atomic mass is 10.2. The van der Waals surface area contributed by atoms with Crippen LogP contribution in [0.5, 0.6) is 0 Å². The number of benzene rings is 1. The Morgan fingerprint density at radius 1 is 1.10 bits per heavy atom. The van der Waals surface area contributed by atoms with E-state index in [9.17, 15) is 22.8 Å². The van der Waals surface area contributed by atoms with Crippen LogP contribution in [0.2, 0.25) is 0 Å². The number of carbonyl (C=O) groups is 3. The molecule has 156 valence electrons. The highest BCUT2D eigenvalue weighted by Crippen LogP contribution is 2.33. The van der Waals surface area contributed by atoms with Crippen molar-refractivity contribution in [3.8, 4) is 0 Å². The molecule has 2 aliphatic heterocycles. The molecular weight excluding hydrogens is 394 g/mol. The number of imide groups is 1. The quantitative estimate of drug-likeness (QED) is 0.671. The van der Waals surface area contributed by atoms with Gasteiger partial charge in [0.05, 0.1) is 11.5 Å². The Morgan fingerprint density at radius 2 is 1.76 bits per heavy atom. The third-order valence-corrected chi connectivity index (χ3v) is 7.63. The molecule has 29 heavy (non-hydrogen) atoms. The number of hydrogen-bond donors (Lipinski definition) is 0. The van der Waals surface area contributed by atoms with E-state index in [0.717, 1.165) is 23.3 Å². The van der Waals surface area contributed by atoms with Crippen LogP contribution in [0.4, 0.5) is 10.5 Å². The second-order valence-corrected chi connectivity index (χ2v) is 10.4. The Balaban J connectivity index is 1.52. The lowest BCUT2D eigenvalue weighted by Gasteiger charge is -2.29. The van der Waals surface area contributed by atoms with Crippen molar-refractivity contribution in [3.05, 3.63) is 29.8 Å². The van der Waals surface area contributed by atoms with Gasteiger partial charge in [-0.05, 0) is 45.2 Å². The number of urea groups is 1. The van der Waals surface area contributed by atoms with E-state index in [0.29, 0.717) is 12.1 Å². The van der Waals surface area contributed by atoms with Crippen molar-refractivity contribution in [1.82, 2.24) is 9.80 Å². The average molecular weight is 420 g/mol. The molecule has 9 heteroatoms. The first-order valence-electron chi connectivity index (χ1n) is 9.91. The molecule has 0 radical (unpaired) electrons. The third kappa shape index (κ3) is 3.75. The summed E-state index contributed by atoms with van der Waals surface area (Å²) in [5.74, 6) is -0.732. The van der Waals surface area contributed by atoms with Gasteiger partial charge in [-0.3, -0.25) is 19.4 Å². The molecule has 1 aliphatic carbocycles. The largest absolute Gasteiger partial charge is 0.334 e. The fourth-order valence-corrected chi connectivity index (χ4v) is 5.89. The maximum Gasteiger partial charge on any atom is 0.332 e. The Hall–Kier alpha value is -2.42. The number of rotatable bonds is 5. The van der Waals surface area contributed by atoms with Crippen molar-refractivity contribution in [2.75, 3.05) is 23.0 Å². The van der Waals surface area contributed by atoms with Gasteiger partial charge in [-0.1, -0.05) is 17.7 Å². The van der Waals surface area contributed by atoms with Gasteiger partial charge in [0, 0.05) is 17.8 Å². The number of aryl methyl sites for hydroxylation is 1. The molecule has 0 N–H and O–H groups in total. The average Bonchev–Trinajstić information content (AvgIpc) is 3.39. The van der Waals surface area contributed by atoms with E-state index in [1.165, 1.54) is 4.90 Å². The molecule has 1 saturated carbocycles. The Morgan fingerprint density at radius 3 is 2.31 bits per heavy atom. The number of anilines is 1. The van der Waals surface area contributed by atoms with Crippen LogP contribution in [0.15, 0.2) is 24.3 Å². The first kappa shape index (κ1) is 19.9. The summed E-state index contributed by atoms with van der Waals surface area (Å²) in [6.07, 6.45) is 2.07. The predicted octanol–water partition coefficient (Wildman–Crippen LogP) is 1.33. The lowest BCUT2D eigenvalue weighted by Crippen LogP contribution is -2.49. The molecule has 0 bridgehead atoms. The van der Waals surface area contributed by atoms with Crippen molar-refractivity contribution in [2.24, 2.45) is 0 Å². The molecule has 8 nitrogen and oxygen atoms in total. The summed E-state index contributed by atoms with van der Waals surface area (Å²) in [7, 11) is -3.14. The number of amides is 4. The Bertz CT molecular complexity index is 955. The maximum atomic E-state index is 13.0. The van der Waals surface area contributed by atoms with Gasteiger partial charge in [0.2, 0.25) is 5.91 Å². The van der Waals surface area contributed by atoms with Crippen LogP contribution in [0, 0.1) is 6.92 Å². The van der Waals surface area contributed by atoms with E-state index >= 15 is 0 Å². The van der Waals surface area contributed by atoms with Crippen LogP contribution in [0.25, 0.3) is 0 Å². The Kier molecular flexibility index (Phi) is 4.88. The van der Waals surface area contributed by atoms with E-state index in [-0.39, 0.29) is 36.0 Å². The van der Waals surface area contributed by atoms with Crippen LogP contribution in [0.3, 0.4) is 0 Å². The number of sulfone groups is 1. The van der Waals surface area contributed by atoms with E-state index in [1.807, 2.05) is 19.1 Å². The van der Waals surface area contributed by atoms with Gasteiger partial charge in [0.1, 0.15) is 12.6 Å². The summed E-state index contributed by atoms with van der Waals surface area (Å²) in [6, 6.07) is 5.72. The molecule has 0 unspecified atom stereocenters. The molecule has 1 aromatic rings. The summed E-state index contributed by atoms with van der Waals surface area (Å²) in [5.41, 5.74) is 1.65. The molecule has 3 aliphatic rings. The van der Waals surface area contributed by atoms with Crippen LogP contribution >= 0.6 is 0 Å². The zero-order chi connectivity index (χ0) is 20.9. The first-order chi connectivity index (χ1) is 13.7. The first-order valence-corrected chi connectivity index (χ1v) is 11.7. The summed E-state index contributed by atoms with van der Waals surface area (Å²) in [6.45, 7) is 3.23. The van der Waals surface area contributed by atoms with E-state index < -0.39 is 27.8 Å². The fraction of sp³-hybridized carbons (Fsp3) is 0.550. The van der Waals surface area contributed by atoms with E-state index in [1.54, 1.807) is 24.0 Å². The third-order valence-electron chi connectivity index (χ3n) is 5.88. The minimum absolute atomic E-state index is 0.0132. The highest BCUT2D eigenvalue weighted by Gasteiger charge is 2.47. The van der Waals surface area contributed by atoms with Gasteiger partial charge >= 0.3 is 6.03 Å². The molecule has 3 fully saturated rings.